The van der Waals surface area contributed by atoms with E-state index in [2.05, 4.69) is 6.07 Å². The van der Waals surface area contributed by atoms with Crippen LogP contribution in [-0.4, -0.2) is 24.1 Å². The van der Waals surface area contributed by atoms with Gasteiger partial charge in [-0.2, -0.15) is 5.26 Å². The number of hydrogen-bond donors (Lipinski definition) is 0. The minimum Gasteiger partial charge on any atom is -0.454 e. The van der Waals surface area contributed by atoms with Crippen molar-refractivity contribution in [2.45, 2.75) is 4.90 Å². The van der Waals surface area contributed by atoms with E-state index in [0.717, 1.165) is 3.97 Å². The van der Waals surface area contributed by atoms with Gasteiger partial charge in [0.25, 0.3) is 15.7 Å². The van der Waals surface area contributed by atoms with E-state index in [1.54, 1.807) is 42.5 Å². The van der Waals surface area contributed by atoms with E-state index in [-0.39, 0.29) is 39.9 Å². The summed E-state index contributed by atoms with van der Waals surface area (Å²) in [6, 6.07) is 19.3. The van der Waals surface area contributed by atoms with Crippen molar-refractivity contribution in [1.82, 2.24) is 3.97 Å². The number of nitriles is 1. The summed E-state index contributed by atoms with van der Waals surface area (Å²) in [5, 5.41) is 22.0. The maximum atomic E-state index is 13.6. The molecule has 10 heteroatoms. The molecule has 0 bridgehead atoms. The lowest BCUT2D eigenvalue weighted by molar-refractivity contribution is -0.385. The van der Waals surface area contributed by atoms with Gasteiger partial charge in [0.05, 0.1) is 38.2 Å². The van der Waals surface area contributed by atoms with Gasteiger partial charge in [-0.15, -0.1) is 0 Å². The van der Waals surface area contributed by atoms with Crippen LogP contribution in [0, 0.1) is 21.4 Å². The van der Waals surface area contributed by atoms with Gasteiger partial charge in [-0.25, -0.2) is 12.4 Å². The van der Waals surface area contributed by atoms with Gasteiger partial charge in [0, 0.05) is 5.39 Å². The highest BCUT2D eigenvalue weighted by molar-refractivity contribution is 7.90. The summed E-state index contributed by atoms with van der Waals surface area (Å²) in [6.45, 7) is -0.0538. The summed E-state index contributed by atoms with van der Waals surface area (Å²) in [7, 11) is -4.09. The van der Waals surface area contributed by atoms with Gasteiger partial charge in [0.1, 0.15) is 6.07 Å². The van der Waals surface area contributed by atoms with Crippen LogP contribution in [-0.2, 0) is 10.0 Å². The lowest BCUT2D eigenvalue weighted by Crippen LogP contribution is -2.14. The minimum atomic E-state index is -4.09. The second kappa shape index (κ2) is 8.06. The van der Waals surface area contributed by atoms with Crippen molar-refractivity contribution < 1.29 is 22.8 Å². The van der Waals surface area contributed by atoms with Gasteiger partial charge < -0.3 is 9.47 Å². The largest absolute Gasteiger partial charge is 0.454 e. The molecular weight excluding hydrogens is 458 g/mol. The van der Waals surface area contributed by atoms with E-state index in [9.17, 15) is 23.8 Å². The highest BCUT2D eigenvalue weighted by Crippen LogP contribution is 2.39. The topological polar surface area (TPSA) is 124 Å². The van der Waals surface area contributed by atoms with Gasteiger partial charge in [0.15, 0.2) is 11.5 Å². The smallest absolute Gasteiger partial charge is 0.280 e. The van der Waals surface area contributed by atoms with Crippen LogP contribution >= 0.6 is 0 Å². The van der Waals surface area contributed by atoms with Crippen molar-refractivity contribution in [1.29, 1.82) is 5.26 Å². The molecule has 168 valence electrons. The van der Waals surface area contributed by atoms with Gasteiger partial charge >= 0.3 is 0 Å². The maximum absolute atomic E-state index is 13.6. The predicted molar refractivity (Wildman–Crippen MR) is 124 cm³/mol. The molecule has 5 rings (SSSR count). The molecule has 0 unspecified atom stereocenters. The highest BCUT2D eigenvalue weighted by Gasteiger charge is 2.27. The summed E-state index contributed by atoms with van der Waals surface area (Å²) in [4.78, 5) is 11.1. The van der Waals surface area contributed by atoms with Crippen LogP contribution in [0.4, 0.5) is 5.69 Å². The molecule has 0 aliphatic carbocycles. The van der Waals surface area contributed by atoms with E-state index in [1.807, 2.05) is 0 Å². The standard InChI is InChI=1S/C24H15N3O6S/c25-14-19-18-8-4-5-9-20(18)26(34(30,31)17-6-2-1-3-7-17)21(19)11-10-16-12-23-24(33-15-32-23)13-22(16)27(28)29/h1-13H,15H2/b11-10+. The molecule has 1 aliphatic heterocycles. The lowest BCUT2D eigenvalue weighted by atomic mass is 10.1. The van der Waals surface area contributed by atoms with Gasteiger partial charge in [0.2, 0.25) is 6.79 Å². The molecule has 4 aromatic rings. The zero-order chi connectivity index (χ0) is 23.9. The molecular formula is C24H15N3O6S. The molecule has 3 aromatic carbocycles. The van der Waals surface area contributed by atoms with Crippen LogP contribution < -0.4 is 9.47 Å². The highest BCUT2D eigenvalue weighted by atomic mass is 32.2. The molecule has 1 aromatic heterocycles. The van der Waals surface area contributed by atoms with Crippen molar-refractivity contribution in [3.05, 3.63) is 93.7 Å². The Morgan fingerprint density at radius 2 is 1.68 bits per heavy atom. The van der Waals surface area contributed by atoms with E-state index in [4.69, 9.17) is 9.47 Å². The zero-order valence-electron chi connectivity index (χ0n) is 17.4. The number of nitro benzene ring substituents is 1. The average Bonchev–Trinajstić information content (AvgIpc) is 3.44. The average molecular weight is 473 g/mol. The number of benzene rings is 3. The summed E-state index contributed by atoms with van der Waals surface area (Å²) in [6.07, 6.45) is 2.79. The number of rotatable bonds is 5. The Morgan fingerprint density at radius 1 is 1.00 bits per heavy atom. The molecule has 1 aliphatic rings. The number of para-hydroxylation sites is 1. The van der Waals surface area contributed by atoms with Crippen molar-refractivity contribution in [2.24, 2.45) is 0 Å². The number of fused-ring (bicyclic) bond motifs is 2. The Hall–Kier alpha value is -4.62. The van der Waals surface area contributed by atoms with Crippen LogP contribution in [0.15, 0.2) is 71.6 Å². The first-order valence-corrected chi connectivity index (χ1v) is 11.5. The van der Waals surface area contributed by atoms with Gasteiger partial charge in [-0.1, -0.05) is 36.4 Å². The second-order valence-electron chi connectivity index (χ2n) is 7.33. The molecule has 0 saturated carbocycles. The van der Waals surface area contributed by atoms with E-state index >= 15 is 0 Å². The van der Waals surface area contributed by atoms with E-state index < -0.39 is 14.9 Å². The normalized spacial score (nSPS) is 12.8. The molecule has 0 spiro atoms. The van der Waals surface area contributed by atoms with Crippen molar-refractivity contribution in [3.63, 3.8) is 0 Å². The fourth-order valence-corrected chi connectivity index (χ4v) is 5.41. The van der Waals surface area contributed by atoms with E-state index in [0.29, 0.717) is 16.7 Å². The van der Waals surface area contributed by atoms with Crippen LogP contribution in [0.2, 0.25) is 0 Å². The van der Waals surface area contributed by atoms with Crippen LogP contribution in [0.3, 0.4) is 0 Å². The first kappa shape index (κ1) is 21.2. The first-order chi connectivity index (χ1) is 16.4. The summed E-state index contributed by atoms with van der Waals surface area (Å²) >= 11 is 0. The monoisotopic (exact) mass is 473 g/mol. The number of ether oxygens (including phenoxy) is 2. The minimum absolute atomic E-state index is 0.0453. The van der Waals surface area contributed by atoms with Crippen molar-refractivity contribution in [3.8, 4) is 17.6 Å². The second-order valence-corrected chi connectivity index (χ2v) is 9.11. The quantitative estimate of drug-likeness (QED) is 0.307. The fourth-order valence-electron chi connectivity index (χ4n) is 3.86. The molecule has 0 saturated heterocycles. The Balaban J connectivity index is 1.76. The van der Waals surface area contributed by atoms with Gasteiger partial charge in [-0.3, -0.25) is 10.1 Å². The summed E-state index contributed by atoms with van der Waals surface area (Å²) in [5.74, 6) is 0.588. The Labute approximate surface area is 193 Å². The molecule has 9 nitrogen and oxygen atoms in total. The van der Waals surface area contributed by atoms with E-state index in [1.165, 1.54) is 36.4 Å². The Morgan fingerprint density at radius 3 is 2.38 bits per heavy atom. The molecule has 2 heterocycles. The number of hydrogen-bond acceptors (Lipinski definition) is 7. The summed E-state index contributed by atoms with van der Waals surface area (Å²) in [5.41, 5.74) is 0.469. The molecule has 0 N–H and O–H groups in total. The molecule has 0 atom stereocenters. The Kier molecular flexibility index (Phi) is 5.03. The van der Waals surface area contributed by atoms with Crippen LogP contribution in [0.25, 0.3) is 23.1 Å². The maximum Gasteiger partial charge on any atom is 0.280 e. The van der Waals surface area contributed by atoms with Crippen LogP contribution in [0.5, 0.6) is 11.5 Å². The lowest BCUT2D eigenvalue weighted by Gasteiger charge is -2.10. The number of aromatic nitrogens is 1. The summed E-state index contributed by atoms with van der Waals surface area (Å²) < 4.78 is 38.9. The third-order valence-corrected chi connectivity index (χ3v) is 7.14. The third-order valence-electron chi connectivity index (χ3n) is 5.40. The first-order valence-electron chi connectivity index (χ1n) is 10.0. The SMILES string of the molecule is N#Cc1c(/C=C/c2cc3c(cc2[N+](=O)[O-])OCO3)n(S(=O)(=O)c2ccccc2)c2ccccc12. The molecule has 0 radical (unpaired) electrons. The zero-order valence-corrected chi connectivity index (χ0v) is 18.2. The molecule has 0 amide bonds. The van der Waals surface area contributed by atoms with Gasteiger partial charge in [-0.05, 0) is 36.4 Å². The Bertz CT molecular complexity index is 1630. The van der Waals surface area contributed by atoms with Crippen molar-refractivity contribution in [2.75, 3.05) is 6.79 Å². The van der Waals surface area contributed by atoms with Crippen molar-refractivity contribution >= 4 is 38.8 Å². The molecule has 0 fully saturated rings. The fraction of sp³-hybridized carbons (Fsp3) is 0.0417. The number of nitrogens with zero attached hydrogens (tertiary/aromatic N) is 3. The molecule has 34 heavy (non-hydrogen) atoms. The third kappa shape index (κ3) is 3.35. The predicted octanol–water partition coefficient (Wildman–Crippen LogP) is 4.56. The number of nitro groups is 1. The van der Waals surface area contributed by atoms with Crippen LogP contribution in [0.1, 0.15) is 16.8 Å².